The molecule has 0 radical (unpaired) electrons. The Morgan fingerprint density at radius 2 is 2.14 bits per heavy atom. The van der Waals surface area contributed by atoms with Crippen molar-refractivity contribution in [2.75, 3.05) is 0 Å². The summed E-state index contributed by atoms with van der Waals surface area (Å²) in [6, 6.07) is 4.35. The lowest BCUT2D eigenvalue weighted by molar-refractivity contribution is 0.723. The maximum Gasteiger partial charge on any atom is 0.0219 e. The maximum absolute atomic E-state index is 3.65. The van der Waals surface area contributed by atoms with Gasteiger partial charge >= 0.3 is 0 Å². The maximum atomic E-state index is 3.65. The van der Waals surface area contributed by atoms with Crippen molar-refractivity contribution in [3.8, 4) is 0 Å². The highest BCUT2D eigenvalue weighted by molar-refractivity contribution is 9.10. The lowest BCUT2D eigenvalue weighted by atomic mass is 9.95. The lowest BCUT2D eigenvalue weighted by Gasteiger charge is -2.13. The standard InChI is InChI=1S/C13H15Br/c1-3-4-10-6-7-11-9(2)5-8-12(14)13(10)11/h5-8,10H,3-4H2,1-2H3. The van der Waals surface area contributed by atoms with Crippen molar-refractivity contribution in [1.82, 2.24) is 0 Å². The molecule has 1 aromatic carbocycles. The summed E-state index contributed by atoms with van der Waals surface area (Å²) in [6.45, 7) is 4.43. The molecule has 74 valence electrons. The van der Waals surface area contributed by atoms with Crippen LogP contribution in [-0.4, -0.2) is 0 Å². The molecule has 1 aliphatic carbocycles. The number of allylic oxidation sites excluding steroid dienone is 1. The molecule has 0 nitrogen and oxygen atoms in total. The normalized spacial score (nSPS) is 18.6. The highest BCUT2D eigenvalue weighted by Gasteiger charge is 2.20. The molecule has 1 heteroatoms. The Morgan fingerprint density at radius 3 is 2.86 bits per heavy atom. The van der Waals surface area contributed by atoms with Crippen molar-refractivity contribution < 1.29 is 0 Å². The van der Waals surface area contributed by atoms with Crippen LogP contribution in [0.4, 0.5) is 0 Å². The Hall–Kier alpha value is -0.560. The van der Waals surface area contributed by atoms with E-state index in [2.05, 4.69) is 54.1 Å². The van der Waals surface area contributed by atoms with Gasteiger partial charge in [0.05, 0.1) is 0 Å². The van der Waals surface area contributed by atoms with Crippen LogP contribution >= 0.6 is 15.9 Å². The summed E-state index contributed by atoms with van der Waals surface area (Å²) >= 11 is 3.65. The van der Waals surface area contributed by atoms with Gasteiger partial charge in [0, 0.05) is 10.4 Å². The molecule has 0 spiro atoms. The molecule has 1 atom stereocenters. The first kappa shape index (κ1) is 9.97. The molecule has 1 unspecified atom stereocenters. The van der Waals surface area contributed by atoms with E-state index < -0.39 is 0 Å². The summed E-state index contributed by atoms with van der Waals surface area (Å²) in [5.74, 6) is 0.629. The minimum atomic E-state index is 0.629. The molecular weight excluding hydrogens is 236 g/mol. The van der Waals surface area contributed by atoms with Gasteiger partial charge in [-0.15, -0.1) is 0 Å². The van der Waals surface area contributed by atoms with Crippen molar-refractivity contribution in [3.63, 3.8) is 0 Å². The largest absolute Gasteiger partial charge is 0.0763 e. The number of fused-ring (bicyclic) bond motifs is 1. The molecule has 2 rings (SSSR count). The molecule has 0 amide bonds. The van der Waals surface area contributed by atoms with E-state index in [1.807, 2.05) is 0 Å². The summed E-state index contributed by atoms with van der Waals surface area (Å²) in [5, 5.41) is 0. The van der Waals surface area contributed by atoms with Gasteiger partial charge in [0.1, 0.15) is 0 Å². The van der Waals surface area contributed by atoms with E-state index in [4.69, 9.17) is 0 Å². The molecule has 0 saturated carbocycles. The van der Waals surface area contributed by atoms with Crippen LogP contribution in [0.2, 0.25) is 0 Å². The van der Waals surface area contributed by atoms with Gasteiger partial charge < -0.3 is 0 Å². The van der Waals surface area contributed by atoms with Crippen molar-refractivity contribution in [2.24, 2.45) is 0 Å². The first-order valence-electron chi connectivity index (χ1n) is 5.21. The van der Waals surface area contributed by atoms with Crippen molar-refractivity contribution in [3.05, 3.63) is 39.4 Å². The van der Waals surface area contributed by atoms with Gasteiger partial charge in [-0.3, -0.25) is 0 Å². The van der Waals surface area contributed by atoms with Gasteiger partial charge in [0.15, 0.2) is 0 Å². The van der Waals surface area contributed by atoms with Crippen LogP contribution < -0.4 is 0 Å². The summed E-state index contributed by atoms with van der Waals surface area (Å²) in [6.07, 6.45) is 7.11. The van der Waals surface area contributed by atoms with Gasteiger partial charge in [-0.2, -0.15) is 0 Å². The first-order chi connectivity index (χ1) is 6.74. The van der Waals surface area contributed by atoms with Gasteiger partial charge in [-0.05, 0) is 36.1 Å². The quantitative estimate of drug-likeness (QED) is 0.716. The van der Waals surface area contributed by atoms with Crippen LogP contribution in [0.5, 0.6) is 0 Å². The van der Waals surface area contributed by atoms with Crippen LogP contribution in [0, 0.1) is 6.92 Å². The number of halogens is 1. The fourth-order valence-electron chi connectivity index (χ4n) is 2.18. The zero-order chi connectivity index (χ0) is 10.1. The molecule has 1 aliphatic rings. The highest BCUT2D eigenvalue weighted by atomic mass is 79.9. The summed E-state index contributed by atoms with van der Waals surface area (Å²) in [7, 11) is 0. The first-order valence-corrected chi connectivity index (χ1v) is 6.00. The number of aryl methyl sites for hydroxylation is 1. The summed E-state index contributed by atoms with van der Waals surface area (Å²) < 4.78 is 1.27. The molecule has 0 aliphatic heterocycles. The molecule has 0 aromatic heterocycles. The molecule has 0 heterocycles. The van der Waals surface area contributed by atoms with Crippen molar-refractivity contribution in [1.29, 1.82) is 0 Å². The molecule has 14 heavy (non-hydrogen) atoms. The average Bonchev–Trinajstić information content (AvgIpc) is 2.58. The molecule has 0 saturated heterocycles. The smallest absolute Gasteiger partial charge is 0.0219 e. The second-order valence-corrected chi connectivity index (χ2v) is 4.80. The number of hydrogen-bond donors (Lipinski definition) is 0. The Balaban J connectivity index is 2.47. The SMILES string of the molecule is CCCC1C=Cc2c(C)ccc(Br)c21. The highest BCUT2D eigenvalue weighted by Crippen LogP contribution is 2.39. The van der Waals surface area contributed by atoms with Crippen LogP contribution in [0.25, 0.3) is 6.08 Å². The Labute approximate surface area is 94.2 Å². The van der Waals surface area contributed by atoms with Crippen LogP contribution in [-0.2, 0) is 0 Å². The minimum Gasteiger partial charge on any atom is -0.0763 e. The van der Waals surface area contributed by atoms with Crippen LogP contribution in [0.15, 0.2) is 22.7 Å². The van der Waals surface area contributed by atoms with Gasteiger partial charge in [0.2, 0.25) is 0 Å². The molecule has 0 N–H and O–H groups in total. The Kier molecular flexibility index (Phi) is 2.78. The molecule has 0 bridgehead atoms. The second-order valence-electron chi connectivity index (χ2n) is 3.95. The zero-order valence-electron chi connectivity index (χ0n) is 8.68. The van der Waals surface area contributed by atoms with Crippen molar-refractivity contribution >= 4 is 22.0 Å². The van der Waals surface area contributed by atoms with E-state index in [0.29, 0.717) is 5.92 Å². The molecular formula is C13H15Br. The molecule has 1 aromatic rings. The van der Waals surface area contributed by atoms with E-state index in [1.165, 1.54) is 34.0 Å². The Morgan fingerprint density at radius 1 is 1.36 bits per heavy atom. The lowest BCUT2D eigenvalue weighted by Crippen LogP contribution is -1.95. The van der Waals surface area contributed by atoms with Gasteiger partial charge in [0.25, 0.3) is 0 Å². The zero-order valence-corrected chi connectivity index (χ0v) is 10.3. The fraction of sp³-hybridized carbons (Fsp3) is 0.385. The van der Waals surface area contributed by atoms with E-state index in [9.17, 15) is 0 Å². The predicted molar refractivity (Wildman–Crippen MR) is 65.6 cm³/mol. The van der Waals surface area contributed by atoms with E-state index in [1.54, 1.807) is 0 Å². The topological polar surface area (TPSA) is 0 Å². The van der Waals surface area contributed by atoms with E-state index >= 15 is 0 Å². The minimum absolute atomic E-state index is 0.629. The predicted octanol–water partition coefficient (Wildman–Crippen LogP) is 4.67. The third kappa shape index (κ3) is 1.54. The van der Waals surface area contributed by atoms with Gasteiger partial charge in [-0.1, -0.05) is 47.5 Å². The monoisotopic (exact) mass is 250 g/mol. The number of rotatable bonds is 2. The molecule has 0 fully saturated rings. The number of benzene rings is 1. The fourth-order valence-corrected chi connectivity index (χ4v) is 2.82. The van der Waals surface area contributed by atoms with E-state index in [0.717, 1.165) is 0 Å². The second kappa shape index (κ2) is 3.90. The van der Waals surface area contributed by atoms with Crippen LogP contribution in [0.3, 0.4) is 0 Å². The Bertz CT molecular complexity index is 377. The summed E-state index contributed by atoms with van der Waals surface area (Å²) in [5.41, 5.74) is 4.31. The van der Waals surface area contributed by atoms with Crippen molar-refractivity contribution in [2.45, 2.75) is 32.6 Å². The van der Waals surface area contributed by atoms with Crippen LogP contribution in [0.1, 0.15) is 42.4 Å². The number of hydrogen-bond acceptors (Lipinski definition) is 0. The van der Waals surface area contributed by atoms with Gasteiger partial charge in [-0.25, -0.2) is 0 Å². The third-order valence-corrected chi connectivity index (χ3v) is 3.61. The summed E-state index contributed by atoms with van der Waals surface area (Å²) in [4.78, 5) is 0. The van der Waals surface area contributed by atoms with E-state index in [-0.39, 0.29) is 0 Å². The average molecular weight is 251 g/mol. The third-order valence-electron chi connectivity index (χ3n) is 2.92.